The molecule has 25 heavy (non-hydrogen) atoms. The molecule has 3 nitrogen and oxygen atoms in total. The van der Waals surface area contributed by atoms with Crippen LogP contribution in [-0.2, 0) is 6.42 Å². The Morgan fingerprint density at radius 3 is 2.24 bits per heavy atom. The van der Waals surface area contributed by atoms with Gasteiger partial charge in [-0.05, 0) is 74.2 Å². The van der Waals surface area contributed by atoms with Crippen molar-refractivity contribution in [3.63, 3.8) is 0 Å². The third-order valence-electron chi connectivity index (χ3n) is 4.23. The van der Waals surface area contributed by atoms with Crippen LogP contribution in [-0.4, -0.2) is 19.5 Å². The molecule has 0 unspecified atom stereocenters. The van der Waals surface area contributed by atoms with Crippen LogP contribution in [0.3, 0.4) is 0 Å². The first-order chi connectivity index (χ1) is 12.0. The van der Waals surface area contributed by atoms with Crippen molar-refractivity contribution in [3.8, 4) is 17.2 Å². The van der Waals surface area contributed by atoms with E-state index in [1.807, 2.05) is 24.3 Å². The quantitative estimate of drug-likeness (QED) is 0.829. The van der Waals surface area contributed by atoms with Crippen LogP contribution in [0.4, 0.5) is 13.2 Å². The van der Waals surface area contributed by atoms with E-state index in [0.29, 0.717) is 11.7 Å². The maximum atomic E-state index is 12.2. The summed E-state index contributed by atoms with van der Waals surface area (Å²) in [5.41, 5.74) is 1.12. The summed E-state index contributed by atoms with van der Waals surface area (Å²) in [6, 6.07) is 13.2. The molecule has 1 aliphatic heterocycles. The molecule has 1 aliphatic rings. The number of benzene rings is 2. The van der Waals surface area contributed by atoms with E-state index in [4.69, 9.17) is 4.74 Å². The van der Waals surface area contributed by atoms with Gasteiger partial charge in [0, 0.05) is 0 Å². The zero-order valence-electron chi connectivity index (χ0n) is 13.7. The average Bonchev–Trinajstić information content (AvgIpc) is 2.58. The van der Waals surface area contributed by atoms with Crippen LogP contribution in [0.1, 0.15) is 18.4 Å². The van der Waals surface area contributed by atoms with Crippen LogP contribution in [0.25, 0.3) is 0 Å². The number of rotatable bonds is 5. The maximum absolute atomic E-state index is 12.2. The Morgan fingerprint density at radius 2 is 1.56 bits per heavy atom. The Morgan fingerprint density at radius 1 is 0.920 bits per heavy atom. The van der Waals surface area contributed by atoms with Crippen molar-refractivity contribution >= 4 is 0 Å². The lowest BCUT2D eigenvalue weighted by atomic mass is 9.90. The molecule has 0 atom stereocenters. The molecule has 0 spiro atoms. The zero-order valence-corrected chi connectivity index (χ0v) is 13.7. The molecule has 1 fully saturated rings. The topological polar surface area (TPSA) is 30.5 Å². The molecule has 0 amide bonds. The van der Waals surface area contributed by atoms with E-state index in [9.17, 15) is 13.2 Å². The number of nitrogens with one attached hydrogen (secondary N) is 1. The van der Waals surface area contributed by atoms with E-state index >= 15 is 0 Å². The Balaban J connectivity index is 1.68. The fourth-order valence-corrected chi connectivity index (χ4v) is 3.01. The van der Waals surface area contributed by atoms with Crippen molar-refractivity contribution in [2.24, 2.45) is 5.92 Å². The Labute approximate surface area is 144 Å². The van der Waals surface area contributed by atoms with E-state index in [-0.39, 0.29) is 5.75 Å². The Kier molecular flexibility index (Phi) is 5.48. The lowest BCUT2D eigenvalue weighted by molar-refractivity contribution is -0.274. The van der Waals surface area contributed by atoms with E-state index in [1.54, 1.807) is 0 Å². The maximum Gasteiger partial charge on any atom is 0.573 e. The highest BCUT2D eigenvalue weighted by molar-refractivity contribution is 5.39. The first-order valence-electron chi connectivity index (χ1n) is 8.32. The summed E-state index contributed by atoms with van der Waals surface area (Å²) in [7, 11) is 0. The van der Waals surface area contributed by atoms with Crippen molar-refractivity contribution in [2.75, 3.05) is 13.1 Å². The molecule has 1 N–H and O–H groups in total. The van der Waals surface area contributed by atoms with Gasteiger partial charge in [0.05, 0.1) is 0 Å². The summed E-state index contributed by atoms with van der Waals surface area (Å²) in [5, 5.41) is 3.35. The summed E-state index contributed by atoms with van der Waals surface area (Å²) >= 11 is 0. The van der Waals surface area contributed by atoms with Crippen molar-refractivity contribution in [1.29, 1.82) is 0 Å². The summed E-state index contributed by atoms with van der Waals surface area (Å²) in [6.45, 7) is 2.07. The first-order valence-corrected chi connectivity index (χ1v) is 8.32. The minimum Gasteiger partial charge on any atom is -0.457 e. The molecule has 0 aromatic heterocycles. The molecule has 3 rings (SSSR count). The van der Waals surface area contributed by atoms with Crippen molar-refractivity contribution in [2.45, 2.75) is 25.6 Å². The van der Waals surface area contributed by atoms with Crippen LogP contribution < -0.4 is 14.8 Å². The fraction of sp³-hybridized carbons (Fsp3) is 0.368. The summed E-state index contributed by atoms with van der Waals surface area (Å²) < 4.78 is 46.4. The number of hydrogen-bond donors (Lipinski definition) is 1. The predicted molar refractivity (Wildman–Crippen MR) is 88.9 cm³/mol. The standard InChI is InChI=1S/C19H20F3NO2/c20-19(21,22)25-17-7-5-16(6-8-17)24-18-4-2-1-3-15(18)13-14-9-11-23-12-10-14/h1-8,14,23H,9-13H2. The van der Waals surface area contributed by atoms with Gasteiger partial charge in [0.1, 0.15) is 17.2 Å². The van der Waals surface area contributed by atoms with E-state index in [0.717, 1.165) is 43.7 Å². The Bertz CT molecular complexity index is 680. The van der Waals surface area contributed by atoms with Gasteiger partial charge >= 0.3 is 6.36 Å². The number of halogens is 3. The number of hydrogen-bond acceptors (Lipinski definition) is 3. The highest BCUT2D eigenvalue weighted by atomic mass is 19.4. The molecule has 6 heteroatoms. The second-order valence-corrected chi connectivity index (χ2v) is 6.13. The van der Waals surface area contributed by atoms with Gasteiger partial charge in [0.15, 0.2) is 0 Å². The minimum atomic E-state index is -4.69. The van der Waals surface area contributed by atoms with E-state index < -0.39 is 6.36 Å². The van der Waals surface area contributed by atoms with Gasteiger partial charge in [-0.1, -0.05) is 18.2 Å². The molecular formula is C19H20F3NO2. The minimum absolute atomic E-state index is 0.261. The lowest BCUT2D eigenvalue weighted by Crippen LogP contribution is -2.28. The van der Waals surface area contributed by atoms with Crippen LogP contribution in [0.5, 0.6) is 17.2 Å². The predicted octanol–water partition coefficient (Wildman–Crippen LogP) is 4.92. The second-order valence-electron chi connectivity index (χ2n) is 6.13. The molecule has 2 aromatic rings. The fourth-order valence-electron chi connectivity index (χ4n) is 3.01. The SMILES string of the molecule is FC(F)(F)Oc1ccc(Oc2ccccc2CC2CCNCC2)cc1. The van der Waals surface area contributed by atoms with Crippen LogP contribution in [0.2, 0.25) is 0 Å². The number of para-hydroxylation sites is 1. The molecule has 0 aliphatic carbocycles. The van der Waals surface area contributed by atoms with Crippen molar-refractivity contribution < 1.29 is 22.6 Å². The van der Waals surface area contributed by atoms with Crippen LogP contribution in [0.15, 0.2) is 48.5 Å². The lowest BCUT2D eigenvalue weighted by Gasteiger charge is -2.23. The number of ether oxygens (including phenoxy) is 2. The third kappa shape index (κ3) is 5.39. The molecule has 1 saturated heterocycles. The smallest absolute Gasteiger partial charge is 0.457 e. The molecule has 2 aromatic carbocycles. The first kappa shape index (κ1) is 17.6. The van der Waals surface area contributed by atoms with Gasteiger partial charge in [0.25, 0.3) is 0 Å². The van der Waals surface area contributed by atoms with E-state index in [1.165, 1.54) is 24.3 Å². The molecular weight excluding hydrogens is 331 g/mol. The normalized spacial score (nSPS) is 15.8. The van der Waals surface area contributed by atoms with Gasteiger partial charge in [-0.3, -0.25) is 0 Å². The molecule has 0 bridgehead atoms. The third-order valence-corrected chi connectivity index (χ3v) is 4.23. The van der Waals surface area contributed by atoms with Gasteiger partial charge in [-0.2, -0.15) is 0 Å². The summed E-state index contributed by atoms with van der Waals surface area (Å²) in [4.78, 5) is 0. The van der Waals surface area contributed by atoms with E-state index in [2.05, 4.69) is 10.1 Å². The summed E-state index contributed by atoms with van der Waals surface area (Å²) in [5.74, 6) is 1.58. The highest BCUT2D eigenvalue weighted by Crippen LogP contribution is 2.31. The van der Waals surface area contributed by atoms with Gasteiger partial charge < -0.3 is 14.8 Å². The van der Waals surface area contributed by atoms with Gasteiger partial charge in [-0.15, -0.1) is 13.2 Å². The monoisotopic (exact) mass is 351 g/mol. The largest absolute Gasteiger partial charge is 0.573 e. The average molecular weight is 351 g/mol. The zero-order chi connectivity index (χ0) is 17.7. The molecule has 0 saturated carbocycles. The highest BCUT2D eigenvalue weighted by Gasteiger charge is 2.31. The Hall–Kier alpha value is -2.21. The number of alkyl halides is 3. The van der Waals surface area contributed by atoms with Crippen LogP contribution >= 0.6 is 0 Å². The summed E-state index contributed by atoms with van der Waals surface area (Å²) in [6.07, 6.45) is -1.48. The molecule has 0 radical (unpaired) electrons. The number of piperidine rings is 1. The second kappa shape index (κ2) is 7.78. The van der Waals surface area contributed by atoms with Crippen molar-refractivity contribution in [1.82, 2.24) is 5.32 Å². The van der Waals surface area contributed by atoms with Crippen LogP contribution in [0, 0.1) is 5.92 Å². The van der Waals surface area contributed by atoms with Crippen molar-refractivity contribution in [3.05, 3.63) is 54.1 Å². The molecule has 1 heterocycles. The molecule has 134 valence electrons. The van der Waals surface area contributed by atoms with Gasteiger partial charge in [-0.25, -0.2) is 0 Å². The van der Waals surface area contributed by atoms with Gasteiger partial charge in [0.2, 0.25) is 0 Å².